The number of para-hydroxylation sites is 1. The van der Waals surface area contributed by atoms with Gasteiger partial charge in [-0.05, 0) is 25.1 Å². The predicted molar refractivity (Wildman–Crippen MR) is 72.9 cm³/mol. The highest BCUT2D eigenvalue weighted by molar-refractivity contribution is 5.62. The van der Waals surface area contributed by atoms with Crippen molar-refractivity contribution >= 4 is 0 Å². The second-order valence-corrected chi connectivity index (χ2v) is 4.23. The first-order valence-electron chi connectivity index (χ1n) is 6.51. The Hall–Kier alpha value is -1.88. The van der Waals surface area contributed by atoms with E-state index in [1.165, 1.54) is 6.42 Å². The molecule has 1 aromatic carbocycles. The number of rotatable bonds is 7. The zero-order chi connectivity index (χ0) is 13.5. The number of nitrogens with one attached hydrogen (secondary N) is 1. The first-order valence-corrected chi connectivity index (χ1v) is 6.51. The minimum absolute atomic E-state index is 0.491. The molecule has 0 amide bonds. The van der Waals surface area contributed by atoms with Crippen molar-refractivity contribution in [1.29, 1.82) is 0 Å². The van der Waals surface area contributed by atoms with Crippen molar-refractivity contribution in [2.45, 2.75) is 26.3 Å². The van der Waals surface area contributed by atoms with Gasteiger partial charge in [-0.2, -0.15) is 0 Å². The van der Waals surface area contributed by atoms with Crippen LogP contribution in [-0.2, 0) is 6.54 Å². The van der Waals surface area contributed by atoms with E-state index in [1.54, 1.807) is 7.11 Å². The van der Waals surface area contributed by atoms with Crippen molar-refractivity contribution in [3.63, 3.8) is 0 Å². The lowest BCUT2D eigenvalue weighted by Crippen LogP contribution is -2.14. The maximum atomic E-state index is 5.63. The fraction of sp³-hybridized carbons (Fsp3) is 0.429. The number of methoxy groups -OCH3 is 1. The minimum Gasteiger partial charge on any atom is -0.496 e. The Balaban J connectivity index is 2.04. The van der Waals surface area contributed by atoms with E-state index in [2.05, 4.69) is 22.4 Å². The van der Waals surface area contributed by atoms with Gasteiger partial charge in [-0.25, -0.2) is 0 Å². The Kier molecular flexibility index (Phi) is 4.92. The lowest BCUT2D eigenvalue weighted by atomic mass is 10.2. The lowest BCUT2D eigenvalue weighted by molar-refractivity contribution is 0.413. The molecular formula is C14H19N3O2. The van der Waals surface area contributed by atoms with Crippen LogP contribution in [0.2, 0.25) is 0 Å². The van der Waals surface area contributed by atoms with E-state index in [1.807, 2.05) is 24.3 Å². The summed E-state index contributed by atoms with van der Waals surface area (Å²) < 4.78 is 10.9. The van der Waals surface area contributed by atoms with Crippen molar-refractivity contribution in [2.75, 3.05) is 13.7 Å². The molecule has 5 heteroatoms. The summed E-state index contributed by atoms with van der Waals surface area (Å²) in [7, 11) is 1.63. The summed E-state index contributed by atoms with van der Waals surface area (Å²) in [5.74, 6) is 1.82. The fourth-order valence-electron chi connectivity index (χ4n) is 1.75. The average molecular weight is 261 g/mol. The highest BCUT2D eigenvalue weighted by Crippen LogP contribution is 2.28. The molecule has 0 atom stereocenters. The van der Waals surface area contributed by atoms with Crippen LogP contribution in [0.25, 0.3) is 11.5 Å². The van der Waals surface area contributed by atoms with Gasteiger partial charge in [0.25, 0.3) is 5.89 Å². The molecule has 0 unspecified atom stereocenters. The fourth-order valence-corrected chi connectivity index (χ4v) is 1.75. The maximum Gasteiger partial charge on any atom is 0.251 e. The van der Waals surface area contributed by atoms with E-state index in [-0.39, 0.29) is 0 Å². The molecule has 0 aliphatic carbocycles. The van der Waals surface area contributed by atoms with Crippen LogP contribution in [0, 0.1) is 0 Å². The molecule has 19 heavy (non-hydrogen) atoms. The van der Waals surface area contributed by atoms with Crippen LogP contribution in [0.15, 0.2) is 28.7 Å². The first kappa shape index (κ1) is 13.5. The van der Waals surface area contributed by atoms with Crippen molar-refractivity contribution in [3.8, 4) is 17.2 Å². The molecule has 2 rings (SSSR count). The van der Waals surface area contributed by atoms with Crippen LogP contribution in [-0.4, -0.2) is 23.9 Å². The molecule has 0 fully saturated rings. The van der Waals surface area contributed by atoms with Crippen LogP contribution in [0.5, 0.6) is 5.75 Å². The SMILES string of the molecule is CCCCNCc1nnc(-c2ccccc2OC)o1. The van der Waals surface area contributed by atoms with E-state index < -0.39 is 0 Å². The zero-order valence-electron chi connectivity index (χ0n) is 11.3. The van der Waals surface area contributed by atoms with Gasteiger partial charge in [0.1, 0.15) is 5.75 Å². The van der Waals surface area contributed by atoms with Gasteiger partial charge in [-0.1, -0.05) is 25.5 Å². The third-order valence-electron chi connectivity index (χ3n) is 2.79. The molecule has 0 radical (unpaired) electrons. The van der Waals surface area contributed by atoms with Gasteiger partial charge < -0.3 is 14.5 Å². The van der Waals surface area contributed by atoms with Crippen molar-refractivity contribution in [2.24, 2.45) is 0 Å². The highest BCUT2D eigenvalue weighted by atomic mass is 16.5. The molecule has 0 saturated heterocycles. The van der Waals surface area contributed by atoms with E-state index in [0.29, 0.717) is 18.3 Å². The third-order valence-corrected chi connectivity index (χ3v) is 2.79. The lowest BCUT2D eigenvalue weighted by Gasteiger charge is -2.03. The Morgan fingerprint density at radius 2 is 2.11 bits per heavy atom. The topological polar surface area (TPSA) is 60.2 Å². The summed E-state index contributed by atoms with van der Waals surface area (Å²) in [5, 5.41) is 11.4. The monoisotopic (exact) mass is 261 g/mol. The van der Waals surface area contributed by atoms with Crippen LogP contribution >= 0.6 is 0 Å². The van der Waals surface area contributed by atoms with Gasteiger partial charge in [0, 0.05) is 0 Å². The second kappa shape index (κ2) is 6.89. The number of benzene rings is 1. The summed E-state index contributed by atoms with van der Waals surface area (Å²) in [6, 6.07) is 7.60. The summed E-state index contributed by atoms with van der Waals surface area (Å²) >= 11 is 0. The second-order valence-electron chi connectivity index (χ2n) is 4.23. The summed E-state index contributed by atoms with van der Waals surface area (Å²) in [4.78, 5) is 0. The van der Waals surface area contributed by atoms with Gasteiger partial charge in [0.15, 0.2) is 0 Å². The molecule has 1 aromatic heterocycles. The average Bonchev–Trinajstić information content (AvgIpc) is 2.92. The standard InChI is InChI=1S/C14H19N3O2/c1-3-4-9-15-10-13-16-17-14(19-13)11-7-5-6-8-12(11)18-2/h5-8,15H,3-4,9-10H2,1-2H3. The molecule has 0 aliphatic rings. The predicted octanol–water partition coefficient (Wildman–Crippen LogP) is 2.63. The zero-order valence-corrected chi connectivity index (χ0v) is 11.3. The van der Waals surface area contributed by atoms with Gasteiger partial charge >= 0.3 is 0 Å². The molecule has 0 spiro atoms. The molecule has 0 saturated carbocycles. The maximum absolute atomic E-state index is 5.63. The number of nitrogens with zero attached hydrogens (tertiary/aromatic N) is 2. The number of unbranched alkanes of at least 4 members (excludes halogenated alkanes) is 1. The van der Waals surface area contributed by atoms with E-state index >= 15 is 0 Å². The van der Waals surface area contributed by atoms with E-state index in [9.17, 15) is 0 Å². The number of hydrogen-bond acceptors (Lipinski definition) is 5. The molecule has 0 bridgehead atoms. The Morgan fingerprint density at radius 1 is 1.26 bits per heavy atom. The third kappa shape index (κ3) is 3.54. The molecular weight excluding hydrogens is 242 g/mol. The summed E-state index contributed by atoms with van der Waals surface area (Å²) in [5.41, 5.74) is 0.817. The van der Waals surface area contributed by atoms with Crippen LogP contribution in [0.3, 0.4) is 0 Å². The van der Waals surface area contributed by atoms with Gasteiger partial charge in [0.05, 0.1) is 19.2 Å². The van der Waals surface area contributed by atoms with Crippen molar-refractivity contribution in [1.82, 2.24) is 15.5 Å². The number of aromatic nitrogens is 2. The molecule has 1 heterocycles. The Morgan fingerprint density at radius 3 is 2.89 bits per heavy atom. The first-order chi connectivity index (χ1) is 9.35. The van der Waals surface area contributed by atoms with Crippen LogP contribution in [0.1, 0.15) is 25.7 Å². The van der Waals surface area contributed by atoms with E-state index in [4.69, 9.17) is 9.15 Å². The summed E-state index contributed by atoms with van der Waals surface area (Å²) in [6.07, 6.45) is 2.32. The molecule has 2 aromatic rings. The van der Waals surface area contributed by atoms with Crippen molar-refractivity contribution < 1.29 is 9.15 Å². The van der Waals surface area contributed by atoms with Gasteiger partial charge in [-0.15, -0.1) is 10.2 Å². The minimum atomic E-state index is 0.491. The molecule has 1 N–H and O–H groups in total. The molecule has 102 valence electrons. The van der Waals surface area contributed by atoms with Crippen molar-refractivity contribution in [3.05, 3.63) is 30.2 Å². The molecule has 5 nitrogen and oxygen atoms in total. The van der Waals surface area contributed by atoms with Crippen LogP contribution < -0.4 is 10.1 Å². The number of hydrogen-bond donors (Lipinski definition) is 1. The summed E-state index contributed by atoms with van der Waals surface area (Å²) in [6.45, 7) is 3.72. The van der Waals surface area contributed by atoms with Gasteiger partial charge in [0.2, 0.25) is 5.89 Å². The highest BCUT2D eigenvalue weighted by Gasteiger charge is 2.12. The smallest absolute Gasteiger partial charge is 0.251 e. The molecule has 0 aliphatic heterocycles. The van der Waals surface area contributed by atoms with Gasteiger partial charge in [-0.3, -0.25) is 0 Å². The quantitative estimate of drug-likeness (QED) is 0.776. The van der Waals surface area contributed by atoms with E-state index in [0.717, 1.165) is 24.3 Å². The normalized spacial score (nSPS) is 10.6. The van der Waals surface area contributed by atoms with Crippen LogP contribution in [0.4, 0.5) is 0 Å². The largest absolute Gasteiger partial charge is 0.496 e. The Labute approximate surface area is 113 Å². The Bertz CT molecular complexity index is 511. The number of ether oxygens (including phenoxy) is 1.